The second-order valence-electron chi connectivity index (χ2n) is 12.0. The fraction of sp³-hybridized carbons (Fsp3) is 0.679. The third-order valence-electron chi connectivity index (χ3n) is 8.22. The Balaban J connectivity index is 0.00000200. The molecular weight excluding hydrogens is 520 g/mol. The van der Waals surface area contributed by atoms with Gasteiger partial charge in [-0.2, -0.15) is 27.0 Å². The Kier molecular flexibility index (Phi) is 10.2. The number of carbonyl (C=O) groups is 3. The molecule has 0 aromatic heterocycles. The summed E-state index contributed by atoms with van der Waals surface area (Å²) in [5, 5.41) is 2.99. The zero-order valence-electron chi connectivity index (χ0n) is 22.9. The molecule has 5 rings (SSSR count). The Labute approximate surface area is 240 Å². The summed E-state index contributed by atoms with van der Waals surface area (Å²) in [6.45, 7) is 10.9. The molecule has 0 spiro atoms. The fourth-order valence-electron chi connectivity index (χ4n) is 6.02. The van der Waals surface area contributed by atoms with Crippen LogP contribution in [-0.4, -0.2) is 91.0 Å². The number of piperazine rings is 1. The summed E-state index contributed by atoms with van der Waals surface area (Å²) >= 11 is 0. The van der Waals surface area contributed by atoms with E-state index in [-0.39, 0.29) is 62.7 Å². The maximum Gasteiger partial charge on any atom is 0.251 e. The molecule has 3 atom stereocenters. The highest BCUT2D eigenvalue weighted by atomic mass is 32.1. The molecule has 3 heterocycles. The monoisotopic (exact) mass is 564 g/mol. The Hall–Kier alpha value is -1.75. The number of carbonyl (C=O) groups excluding carboxylic acids is 3. The van der Waals surface area contributed by atoms with Gasteiger partial charge in [0.05, 0.1) is 6.10 Å². The minimum atomic E-state index is -0.691. The highest BCUT2D eigenvalue weighted by Crippen LogP contribution is 2.30. The van der Waals surface area contributed by atoms with Gasteiger partial charge in [0.25, 0.3) is 5.91 Å². The minimum absolute atomic E-state index is 0. The van der Waals surface area contributed by atoms with Crippen LogP contribution in [-0.2, 0) is 14.3 Å². The SMILES string of the molecule is CC(C)(C)C[C@H](NC(=O)c1ccc(N2CCN(C3CCC3)CC2)cc1)C(=O)N1CC[C@H]2OCC(=O)[C@H]21.S.S. The van der Waals surface area contributed by atoms with Crippen molar-refractivity contribution in [2.75, 3.05) is 44.2 Å². The van der Waals surface area contributed by atoms with Crippen molar-refractivity contribution in [2.24, 2.45) is 5.41 Å². The van der Waals surface area contributed by atoms with Crippen LogP contribution in [0.25, 0.3) is 0 Å². The van der Waals surface area contributed by atoms with E-state index in [1.807, 2.05) is 24.3 Å². The molecule has 1 aromatic carbocycles. The lowest BCUT2D eigenvalue weighted by Crippen LogP contribution is -2.53. The second kappa shape index (κ2) is 12.6. The number of ketones is 1. The van der Waals surface area contributed by atoms with Gasteiger partial charge >= 0.3 is 0 Å². The van der Waals surface area contributed by atoms with Gasteiger partial charge in [-0.15, -0.1) is 0 Å². The first-order chi connectivity index (χ1) is 17.2. The van der Waals surface area contributed by atoms with E-state index in [2.05, 4.69) is 35.9 Å². The second-order valence-corrected chi connectivity index (χ2v) is 12.0. The van der Waals surface area contributed by atoms with E-state index in [9.17, 15) is 14.4 Å². The lowest BCUT2D eigenvalue weighted by molar-refractivity contribution is -0.138. The first-order valence-corrected chi connectivity index (χ1v) is 13.5. The lowest BCUT2D eigenvalue weighted by atomic mass is 9.87. The average molecular weight is 565 g/mol. The molecule has 1 aliphatic carbocycles. The molecule has 2 amide bonds. The summed E-state index contributed by atoms with van der Waals surface area (Å²) in [7, 11) is 0. The molecule has 10 heteroatoms. The Morgan fingerprint density at radius 3 is 2.24 bits per heavy atom. The maximum atomic E-state index is 13.5. The third kappa shape index (κ3) is 6.69. The number of nitrogens with one attached hydrogen (secondary N) is 1. The van der Waals surface area contributed by atoms with Crippen molar-refractivity contribution >= 4 is 50.3 Å². The molecule has 1 saturated carbocycles. The number of fused-ring (bicyclic) bond motifs is 1. The number of hydrogen-bond acceptors (Lipinski definition) is 6. The molecule has 3 aliphatic heterocycles. The van der Waals surface area contributed by atoms with E-state index in [0.717, 1.165) is 37.9 Å². The smallest absolute Gasteiger partial charge is 0.251 e. The molecule has 8 nitrogen and oxygen atoms in total. The predicted molar refractivity (Wildman–Crippen MR) is 159 cm³/mol. The molecular formula is C28H44N4O4S2. The molecule has 1 aromatic rings. The van der Waals surface area contributed by atoms with Gasteiger partial charge in [-0.1, -0.05) is 27.2 Å². The third-order valence-corrected chi connectivity index (χ3v) is 8.22. The number of benzene rings is 1. The Bertz CT molecular complexity index is 988. The number of ether oxygens (including phenoxy) is 1. The molecule has 38 heavy (non-hydrogen) atoms. The zero-order valence-corrected chi connectivity index (χ0v) is 24.9. The van der Waals surface area contributed by atoms with Crippen molar-refractivity contribution in [1.29, 1.82) is 0 Å². The summed E-state index contributed by atoms with van der Waals surface area (Å²) in [5.41, 5.74) is 1.50. The van der Waals surface area contributed by atoms with Crippen molar-refractivity contribution in [3.8, 4) is 0 Å². The number of Topliss-reactive ketones (excluding diaryl/α,β-unsaturated/α-hetero) is 1. The minimum Gasteiger partial charge on any atom is -0.369 e. The molecule has 0 bridgehead atoms. The van der Waals surface area contributed by atoms with Gasteiger partial charge in [0.15, 0.2) is 5.78 Å². The summed E-state index contributed by atoms with van der Waals surface area (Å²) in [6, 6.07) is 7.30. The van der Waals surface area contributed by atoms with Gasteiger partial charge in [0, 0.05) is 50.0 Å². The predicted octanol–water partition coefficient (Wildman–Crippen LogP) is 2.69. The number of nitrogens with zero attached hydrogens (tertiary/aromatic N) is 3. The Morgan fingerprint density at radius 1 is 1.00 bits per heavy atom. The molecule has 4 fully saturated rings. The van der Waals surface area contributed by atoms with Crippen LogP contribution in [0.5, 0.6) is 0 Å². The van der Waals surface area contributed by atoms with Crippen molar-refractivity contribution in [3.05, 3.63) is 29.8 Å². The van der Waals surface area contributed by atoms with Crippen LogP contribution in [0.15, 0.2) is 24.3 Å². The lowest BCUT2D eigenvalue weighted by Gasteiger charge is -2.43. The largest absolute Gasteiger partial charge is 0.369 e. The zero-order chi connectivity index (χ0) is 25.4. The summed E-state index contributed by atoms with van der Waals surface area (Å²) in [4.78, 5) is 45.7. The van der Waals surface area contributed by atoms with Crippen LogP contribution < -0.4 is 10.2 Å². The highest BCUT2D eigenvalue weighted by molar-refractivity contribution is 7.59. The number of amides is 2. The van der Waals surface area contributed by atoms with Crippen LogP contribution in [0.4, 0.5) is 5.69 Å². The van der Waals surface area contributed by atoms with Crippen molar-refractivity contribution in [1.82, 2.24) is 15.1 Å². The highest BCUT2D eigenvalue weighted by Gasteiger charge is 2.48. The summed E-state index contributed by atoms with van der Waals surface area (Å²) < 4.78 is 5.55. The molecule has 3 saturated heterocycles. The van der Waals surface area contributed by atoms with Crippen molar-refractivity contribution < 1.29 is 19.1 Å². The van der Waals surface area contributed by atoms with Crippen LogP contribution in [0, 0.1) is 5.41 Å². The normalized spacial score (nSPS) is 24.7. The quantitative estimate of drug-likeness (QED) is 0.572. The topological polar surface area (TPSA) is 82.2 Å². The number of hydrogen-bond donors (Lipinski definition) is 1. The van der Waals surface area contributed by atoms with E-state index in [4.69, 9.17) is 4.74 Å². The fourth-order valence-corrected chi connectivity index (χ4v) is 6.02. The number of likely N-dealkylation sites (tertiary alicyclic amines) is 1. The van der Waals surface area contributed by atoms with Crippen LogP contribution in [0.1, 0.15) is 63.2 Å². The summed E-state index contributed by atoms with van der Waals surface area (Å²) in [6.07, 6.45) is 4.98. The Morgan fingerprint density at radius 2 is 1.66 bits per heavy atom. The molecule has 0 radical (unpaired) electrons. The van der Waals surface area contributed by atoms with Gasteiger partial charge < -0.3 is 19.9 Å². The van der Waals surface area contributed by atoms with Gasteiger partial charge in [0.2, 0.25) is 5.91 Å². The van der Waals surface area contributed by atoms with Gasteiger partial charge in [-0.3, -0.25) is 19.3 Å². The van der Waals surface area contributed by atoms with E-state index in [0.29, 0.717) is 24.9 Å². The number of anilines is 1. The van der Waals surface area contributed by atoms with E-state index in [1.165, 1.54) is 19.3 Å². The van der Waals surface area contributed by atoms with Crippen molar-refractivity contribution in [3.63, 3.8) is 0 Å². The van der Waals surface area contributed by atoms with E-state index >= 15 is 0 Å². The number of rotatable bonds is 6. The standard InChI is InChI=1S/C28H40N4O4.2H2S/c1-28(2,3)17-22(27(35)32-12-11-24-25(32)23(33)18-36-24)29-26(34)19-7-9-21(10-8-19)31-15-13-30(14-16-31)20-5-4-6-20;;/h7-10,20,22,24-25H,4-6,11-18H2,1-3H3,(H,29,34);2*1H2/t22-,24+,25+;;/m0../s1. The molecule has 1 N–H and O–H groups in total. The van der Waals surface area contributed by atoms with Crippen LogP contribution >= 0.6 is 27.0 Å². The average Bonchev–Trinajstić information content (AvgIpc) is 3.40. The first-order valence-electron chi connectivity index (χ1n) is 13.5. The van der Waals surface area contributed by atoms with Gasteiger partial charge in [0.1, 0.15) is 18.7 Å². The first kappa shape index (κ1) is 30.8. The van der Waals surface area contributed by atoms with E-state index in [1.54, 1.807) is 4.90 Å². The van der Waals surface area contributed by atoms with Gasteiger partial charge in [-0.25, -0.2) is 0 Å². The maximum absolute atomic E-state index is 13.5. The summed E-state index contributed by atoms with van der Waals surface area (Å²) in [5.74, 6) is -0.495. The van der Waals surface area contributed by atoms with E-state index < -0.39 is 12.1 Å². The molecule has 212 valence electrons. The molecule has 0 unspecified atom stereocenters. The van der Waals surface area contributed by atoms with Crippen LogP contribution in [0.2, 0.25) is 0 Å². The molecule has 4 aliphatic rings. The van der Waals surface area contributed by atoms with Crippen LogP contribution in [0.3, 0.4) is 0 Å². The van der Waals surface area contributed by atoms with Gasteiger partial charge in [-0.05, 0) is 55.4 Å². The van der Waals surface area contributed by atoms with Crippen molar-refractivity contribution in [2.45, 2.75) is 77.1 Å².